The molecule has 26 heavy (non-hydrogen) atoms. The summed E-state index contributed by atoms with van der Waals surface area (Å²) in [4.78, 5) is 28.6. The van der Waals surface area contributed by atoms with E-state index in [2.05, 4.69) is 4.98 Å². The molecule has 0 aliphatic heterocycles. The highest BCUT2D eigenvalue weighted by atomic mass is 19.4. The van der Waals surface area contributed by atoms with Gasteiger partial charge in [-0.2, -0.15) is 13.2 Å². The van der Waals surface area contributed by atoms with Crippen molar-refractivity contribution in [2.24, 2.45) is 21.1 Å². The summed E-state index contributed by atoms with van der Waals surface area (Å²) in [5, 5.41) is 0. The van der Waals surface area contributed by atoms with Gasteiger partial charge >= 0.3 is 11.9 Å². The van der Waals surface area contributed by atoms with Crippen LogP contribution < -0.4 is 11.2 Å². The van der Waals surface area contributed by atoms with E-state index in [0.717, 1.165) is 16.7 Å². The molecule has 6 nitrogen and oxygen atoms in total. The third kappa shape index (κ3) is 2.85. The summed E-state index contributed by atoms with van der Waals surface area (Å²) in [5.41, 5.74) is -0.956. The molecule has 3 rings (SSSR count). The zero-order valence-corrected chi connectivity index (χ0v) is 14.2. The van der Waals surface area contributed by atoms with Gasteiger partial charge in [-0.05, 0) is 23.8 Å². The number of fused-ring (bicyclic) bond motifs is 1. The van der Waals surface area contributed by atoms with Gasteiger partial charge < -0.3 is 4.57 Å². The topological polar surface area (TPSA) is 61.8 Å². The summed E-state index contributed by atoms with van der Waals surface area (Å²) in [6, 6.07) is 4.86. The highest BCUT2D eigenvalue weighted by Gasteiger charge is 2.30. The quantitative estimate of drug-likeness (QED) is 0.700. The standard InChI is InChI=1S/C17H15F3N4O2/c1-22-12(8-7-10-5-4-6-11(9-10)17(18,19)20)21-14-13(22)15(25)24(3)16(26)23(14)2/h4-9H,1-3H3/b8-7+. The lowest BCUT2D eigenvalue weighted by Crippen LogP contribution is -2.37. The maximum absolute atomic E-state index is 12.8. The first-order chi connectivity index (χ1) is 12.1. The molecular formula is C17H15F3N4O2. The number of halogens is 3. The van der Waals surface area contributed by atoms with E-state index in [1.54, 1.807) is 7.05 Å². The molecule has 136 valence electrons. The molecule has 0 aliphatic rings. The summed E-state index contributed by atoms with van der Waals surface area (Å²) in [7, 11) is 4.47. The molecule has 0 amide bonds. The lowest BCUT2D eigenvalue weighted by atomic mass is 10.1. The first-order valence-electron chi connectivity index (χ1n) is 7.59. The summed E-state index contributed by atoms with van der Waals surface area (Å²) in [5.74, 6) is 0.343. The van der Waals surface area contributed by atoms with Crippen molar-refractivity contribution in [1.82, 2.24) is 18.7 Å². The van der Waals surface area contributed by atoms with Crippen molar-refractivity contribution in [2.75, 3.05) is 0 Å². The number of hydrogen-bond donors (Lipinski definition) is 0. The molecule has 0 bridgehead atoms. The Labute approximate surface area is 145 Å². The van der Waals surface area contributed by atoms with Gasteiger partial charge in [0.25, 0.3) is 5.56 Å². The van der Waals surface area contributed by atoms with Crippen LogP contribution in [0.2, 0.25) is 0 Å². The summed E-state index contributed by atoms with van der Waals surface area (Å²) in [6.07, 6.45) is -1.45. The van der Waals surface area contributed by atoms with Crippen molar-refractivity contribution in [3.63, 3.8) is 0 Å². The molecule has 0 saturated heterocycles. The first kappa shape index (κ1) is 17.7. The van der Waals surface area contributed by atoms with E-state index >= 15 is 0 Å². The van der Waals surface area contributed by atoms with Crippen LogP contribution in [0, 0.1) is 0 Å². The Morgan fingerprint density at radius 1 is 1.00 bits per heavy atom. The third-order valence-corrected chi connectivity index (χ3v) is 4.15. The zero-order valence-electron chi connectivity index (χ0n) is 14.2. The number of nitrogens with zero attached hydrogens (tertiary/aromatic N) is 4. The Hall–Kier alpha value is -3.10. The highest BCUT2D eigenvalue weighted by molar-refractivity contribution is 5.76. The number of imidazole rings is 1. The van der Waals surface area contributed by atoms with Crippen molar-refractivity contribution in [1.29, 1.82) is 0 Å². The Bertz CT molecular complexity index is 1150. The molecule has 2 aromatic heterocycles. The van der Waals surface area contributed by atoms with Gasteiger partial charge in [-0.1, -0.05) is 18.2 Å². The number of alkyl halides is 3. The molecule has 9 heteroatoms. The summed E-state index contributed by atoms with van der Waals surface area (Å²) < 4.78 is 42.1. The second-order valence-electron chi connectivity index (χ2n) is 5.86. The lowest BCUT2D eigenvalue weighted by Gasteiger charge is -2.06. The molecule has 0 saturated carbocycles. The largest absolute Gasteiger partial charge is 0.416 e. The van der Waals surface area contributed by atoms with E-state index in [-0.39, 0.29) is 11.2 Å². The molecule has 0 atom stereocenters. The van der Waals surface area contributed by atoms with E-state index in [1.165, 1.54) is 47.5 Å². The van der Waals surface area contributed by atoms with Gasteiger partial charge in [-0.25, -0.2) is 9.78 Å². The number of aromatic nitrogens is 4. The monoisotopic (exact) mass is 364 g/mol. The summed E-state index contributed by atoms with van der Waals surface area (Å²) in [6.45, 7) is 0. The zero-order chi connectivity index (χ0) is 19.2. The fourth-order valence-electron chi connectivity index (χ4n) is 2.67. The molecule has 0 aliphatic carbocycles. The van der Waals surface area contributed by atoms with Crippen LogP contribution in [0.1, 0.15) is 17.0 Å². The number of benzene rings is 1. The molecule has 0 radical (unpaired) electrons. The van der Waals surface area contributed by atoms with Gasteiger partial charge in [0.2, 0.25) is 0 Å². The third-order valence-electron chi connectivity index (χ3n) is 4.15. The second kappa shape index (κ2) is 6.01. The van der Waals surface area contributed by atoms with Crippen LogP contribution in [-0.2, 0) is 27.3 Å². The van der Waals surface area contributed by atoms with Crippen molar-refractivity contribution in [3.8, 4) is 0 Å². The van der Waals surface area contributed by atoms with Crippen LogP contribution in [0.3, 0.4) is 0 Å². The average Bonchev–Trinajstić information content (AvgIpc) is 2.92. The van der Waals surface area contributed by atoms with Gasteiger partial charge in [0.05, 0.1) is 5.56 Å². The van der Waals surface area contributed by atoms with Crippen molar-refractivity contribution in [3.05, 3.63) is 62.1 Å². The second-order valence-corrected chi connectivity index (χ2v) is 5.86. The van der Waals surface area contributed by atoms with Crippen molar-refractivity contribution >= 4 is 23.3 Å². The molecule has 0 unspecified atom stereocenters. The lowest BCUT2D eigenvalue weighted by molar-refractivity contribution is -0.137. The minimum Gasteiger partial charge on any atom is -0.322 e. The fourth-order valence-corrected chi connectivity index (χ4v) is 2.67. The Morgan fingerprint density at radius 2 is 1.69 bits per heavy atom. The molecule has 0 fully saturated rings. The smallest absolute Gasteiger partial charge is 0.322 e. The van der Waals surface area contributed by atoms with Crippen LogP contribution >= 0.6 is 0 Å². The normalized spacial score (nSPS) is 12.4. The van der Waals surface area contributed by atoms with E-state index < -0.39 is 23.0 Å². The van der Waals surface area contributed by atoms with Crippen molar-refractivity contribution in [2.45, 2.75) is 6.18 Å². The Morgan fingerprint density at radius 3 is 2.35 bits per heavy atom. The van der Waals surface area contributed by atoms with E-state index in [4.69, 9.17) is 0 Å². The minimum atomic E-state index is -4.42. The molecule has 3 aromatic rings. The van der Waals surface area contributed by atoms with Crippen LogP contribution in [0.25, 0.3) is 23.3 Å². The Balaban J connectivity index is 2.11. The van der Waals surface area contributed by atoms with E-state index in [1.807, 2.05) is 0 Å². The van der Waals surface area contributed by atoms with E-state index in [9.17, 15) is 22.8 Å². The van der Waals surface area contributed by atoms with Gasteiger partial charge in [-0.15, -0.1) is 0 Å². The number of hydrogen-bond acceptors (Lipinski definition) is 3. The van der Waals surface area contributed by atoms with Gasteiger partial charge in [0.1, 0.15) is 5.82 Å². The number of rotatable bonds is 2. The maximum atomic E-state index is 12.8. The van der Waals surface area contributed by atoms with Crippen LogP contribution in [0.5, 0.6) is 0 Å². The predicted octanol–water partition coefficient (Wildman–Crippen LogP) is 2.16. The maximum Gasteiger partial charge on any atom is 0.416 e. The fraction of sp³-hybridized carbons (Fsp3) is 0.235. The van der Waals surface area contributed by atoms with Gasteiger partial charge in [0.15, 0.2) is 11.2 Å². The SMILES string of the molecule is Cn1c(=O)c2c(nc(/C=C/c3cccc(C(F)(F)F)c3)n2C)n(C)c1=O. The van der Waals surface area contributed by atoms with Crippen LogP contribution in [0.4, 0.5) is 13.2 Å². The molecular weight excluding hydrogens is 349 g/mol. The molecule has 0 N–H and O–H groups in total. The summed E-state index contributed by atoms with van der Waals surface area (Å²) >= 11 is 0. The average molecular weight is 364 g/mol. The minimum absolute atomic E-state index is 0.212. The first-order valence-corrected chi connectivity index (χ1v) is 7.59. The Kier molecular flexibility index (Phi) is 4.09. The van der Waals surface area contributed by atoms with Crippen LogP contribution in [-0.4, -0.2) is 18.7 Å². The van der Waals surface area contributed by atoms with E-state index in [0.29, 0.717) is 11.4 Å². The van der Waals surface area contributed by atoms with Crippen molar-refractivity contribution < 1.29 is 13.2 Å². The van der Waals surface area contributed by atoms with Gasteiger partial charge in [0, 0.05) is 21.1 Å². The molecule has 2 heterocycles. The number of aryl methyl sites for hydroxylation is 2. The van der Waals surface area contributed by atoms with Crippen LogP contribution in [0.15, 0.2) is 33.9 Å². The predicted molar refractivity (Wildman–Crippen MR) is 91.6 cm³/mol. The molecule has 1 aromatic carbocycles. The van der Waals surface area contributed by atoms with Gasteiger partial charge in [-0.3, -0.25) is 13.9 Å². The highest BCUT2D eigenvalue weighted by Crippen LogP contribution is 2.29. The molecule has 0 spiro atoms.